The van der Waals surface area contributed by atoms with Gasteiger partial charge in [0, 0.05) is 11.4 Å². The van der Waals surface area contributed by atoms with E-state index in [2.05, 4.69) is 42.1 Å². The average Bonchev–Trinajstić information content (AvgIpc) is 2.61. The lowest BCUT2D eigenvalue weighted by molar-refractivity contribution is -0.120. The Morgan fingerprint density at radius 2 is 1.80 bits per heavy atom. The zero-order valence-electron chi connectivity index (χ0n) is 15.0. The molecule has 25 heavy (non-hydrogen) atoms. The predicted molar refractivity (Wildman–Crippen MR) is 101 cm³/mol. The van der Waals surface area contributed by atoms with Crippen LogP contribution in [-0.2, 0) is 16.1 Å². The highest BCUT2D eigenvalue weighted by Crippen LogP contribution is 2.27. The van der Waals surface area contributed by atoms with Gasteiger partial charge in [0.05, 0.1) is 17.9 Å². The lowest BCUT2D eigenvalue weighted by Gasteiger charge is -2.14. The summed E-state index contributed by atoms with van der Waals surface area (Å²) in [5.74, 6) is -0.379. The first-order valence-corrected chi connectivity index (χ1v) is 8.97. The Bertz CT molecular complexity index is 756. The number of ether oxygens (including phenoxy) is 1. The SMILES string of the molecule is COC(=O)c1ccc(CNC(=O)C(C)Sc2ccc(C)cc2C)cc1. The average molecular weight is 357 g/mol. The number of methoxy groups -OCH3 is 1. The second kappa shape index (κ2) is 8.72. The number of amides is 1. The van der Waals surface area contributed by atoms with Gasteiger partial charge >= 0.3 is 5.97 Å². The van der Waals surface area contributed by atoms with Crippen molar-refractivity contribution in [2.75, 3.05) is 7.11 Å². The molecule has 0 aliphatic rings. The molecule has 0 saturated carbocycles. The molecule has 0 bridgehead atoms. The molecule has 2 rings (SSSR count). The first kappa shape index (κ1) is 19.1. The third kappa shape index (κ3) is 5.36. The van der Waals surface area contributed by atoms with Gasteiger partial charge in [0.15, 0.2) is 0 Å². The minimum absolute atomic E-state index is 0.0120. The van der Waals surface area contributed by atoms with Crippen LogP contribution in [0.3, 0.4) is 0 Å². The minimum atomic E-state index is -0.367. The number of benzene rings is 2. The summed E-state index contributed by atoms with van der Waals surface area (Å²) < 4.78 is 4.67. The van der Waals surface area contributed by atoms with E-state index < -0.39 is 0 Å². The molecule has 0 heterocycles. The van der Waals surface area contributed by atoms with Gasteiger partial charge < -0.3 is 10.1 Å². The molecule has 132 valence electrons. The van der Waals surface area contributed by atoms with Gasteiger partial charge in [-0.25, -0.2) is 4.79 Å². The highest BCUT2D eigenvalue weighted by Gasteiger charge is 2.15. The third-order valence-corrected chi connectivity index (χ3v) is 5.12. The Labute approximate surface area is 153 Å². The van der Waals surface area contributed by atoms with Crippen molar-refractivity contribution in [3.63, 3.8) is 0 Å². The topological polar surface area (TPSA) is 55.4 Å². The molecule has 0 aromatic heterocycles. The molecule has 5 heteroatoms. The summed E-state index contributed by atoms with van der Waals surface area (Å²) in [5.41, 5.74) is 3.83. The number of esters is 1. The lowest BCUT2D eigenvalue weighted by atomic mass is 10.1. The smallest absolute Gasteiger partial charge is 0.337 e. The van der Waals surface area contributed by atoms with Crippen molar-refractivity contribution in [2.45, 2.75) is 37.5 Å². The van der Waals surface area contributed by atoms with Crippen molar-refractivity contribution in [1.29, 1.82) is 0 Å². The molecule has 0 spiro atoms. The molecule has 0 radical (unpaired) electrons. The normalized spacial score (nSPS) is 11.7. The molecular formula is C20H23NO3S. The van der Waals surface area contributed by atoms with Gasteiger partial charge in [-0.3, -0.25) is 4.79 Å². The largest absolute Gasteiger partial charge is 0.465 e. The molecule has 1 N–H and O–H groups in total. The van der Waals surface area contributed by atoms with E-state index in [0.29, 0.717) is 12.1 Å². The number of rotatable bonds is 6. The number of hydrogen-bond acceptors (Lipinski definition) is 4. The lowest BCUT2D eigenvalue weighted by Crippen LogP contribution is -2.30. The minimum Gasteiger partial charge on any atom is -0.465 e. The van der Waals surface area contributed by atoms with E-state index in [1.165, 1.54) is 18.2 Å². The maximum absolute atomic E-state index is 12.3. The molecule has 0 aliphatic heterocycles. The van der Waals surface area contributed by atoms with Crippen molar-refractivity contribution in [1.82, 2.24) is 5.32 Å². The molecule has 0 aliphatic carbocycles. The maximum Gasteiger partial charge on any atom is 0.337 e. The number of aryl methyl sites for hydroxylation is 2. The predicted octanol–water partition coefficient (Wildman–Crippen LogP) is 3.89. The number of thioether (sulfide) groups is 1. The fourth-order valence-electron chi connectivity index (χ4n) is 2.38. The molecule has 0 saturated heterocycles. The summed E-state index contributed by atoms with van der Waals surface area (Å²) >= 11 is 1.56. The van der Waals surface area contributed by atoms with Crippen LogP contribution in [0.4, 0.5) is 0 Å². The zero-order chi connectivity index (χ0) is 18.4. The Hall–Kier alpha value is -2.27. The quantitative estimate of drug-likeness (QED) is 0.629. The fourth-order valence-corrected chi connectivity index (χ4v) is 3.35. The van der Waals surface area contributed by atoms with E-state index in [4.69, 9.17) is 0 Å². The van der Waals surface area contributed by atoms with Gasteiger partial charge in [0.2, 0.25) is 5.91 Å². The number of carbonyl (C=O) groups is 2. The van der Waals surface area contributed by atoms with Crippen molar-refractivity contribution >= 4 is 23.6 Å². The van der Waals surface area contributed by atoms with Crippen LogP contribution in [0.2, 0.25) is 0 Å². The van der Waals surface area contributed by atoms with Gasteiger partial charge in [-0.1, -0.05) is 29.8 Å². The van der Waals surface area contributed by atoms with E-state index >= 15 is 0 Å². The third-order valence-electron chi connectivity index (χ3n) is 3.85. The Morgan fingerprint density at radius 3 is 2.40 bits per heavy atom. The van der Waals surface area contributed by atoms with Crippen LogP contribution in [0.15, 0.2) is 47.4 Å². The van der Waals surface area contributed by atoms with Gasteiger partial charge in [-0.2, -0.15) is 0 Å². The molecule has 2 aromatic rings. The van der Waals surface area contributed by atoms with Crippen molar-refractivity contribution < 1.29 is 14.3 Å². The number of carbonyl (C=O) groups excluding carboxylic acids is 2. The van der Waals surface area contributed by atoms with Gasteiger partial charge in [-0.15, -0.1) is 11.8 Å². The second-order valence-corrected chi connectivity index (χ2v) is 7.32. The van der Waals surface area contributed by atoms with Crippen molar-refractivity contribution in [2.24, 2.45) is 0 Å². The van der Waals surface area contributed by atoms with Gasteiger partial charge in [-0.05, 0) is 50.1 Å². The molecule has 1 amide bonds. The van der Waals surface area contributed by atoms with Crippen LogP contribution < -0.4 is 5.32 Å². The van der Waals surface area contributed by atoms with Crippen LogP contribution in [0.1, 0.15) is 34.0 Å². The first-order chi connectivity index (χ1) is 11.9. The number of hydrogen-bond donors (Lipinski definition) is 1. The molecular weight excluding hydrogens is 334 g/mol. The Kier molecular flexibility index (Phi) is 6.65. The Morgan fingerprint density at radius 1 is 1.12 bits per heavy atom. The summed E-state index contributed by atoms with van der Waals surface area (Å²) in [6.45, 7) is 6.45. The van der Waals surface area contributed by atoms with Gasteiger partial charge in [0.1, 0.15) is 0 Å². The molecule has 0 fully saturated rings. The van der Waals surface area contributed by atoms with Crippen LogP contribution >= 0.6 is 11.8 Å². The first-order valence-electron chi connectivity index (χ1n) is 8.09. The molecule has 1 unspecified atom stereocenters. The van der Waals surface area contributed by atoms with Crippen LogP contribution in [0.25, 0.3) is 0 Å². The van der Waals surface area contributed by atoms with E-state index in [1.807, 2.05) is 19.1 Å². The summed E-state index contributed by atoms with van der Waals surface area (Å²) in [4.78, 5) is 24.8. The summed E-state index contributed by atoms with van der Waals surface area (Å²) in [5, 5.41) is 2.75. The van der Waals surface area contributed by atoms with E-state index in [9.17, 15) is 9.59 Å². The standard InChI is InChI=1S/C20H23NO3S/c1-13-5-10-18(14(2)11-13)25-15(3)19(22)21-12-16-6-8-17(9-7-16)20(23)24-4/h5-11,15H,12H2,1-4H3,(H,21,22). The van der Waals surface area contributed by atoms with E-state index in [-0.39, 0.29) is 17.1 Å². The number of nitrogens with one attached hydrogen (secondary N) is 1. The highest BCUT2D eigenvalue weighted by atomic mass is 32.2. The molecule has 2 aromatic carbocycles. The van der Waals surface area contributed by atoms with Crippen LogP contribution in [0.5, 0.6) is 0 Å². The van der Waals surface area contributed by atoms with Crippen LogP contribution in [0, 0.1) is 13.8 Å². The van der Waals surface area contributed by atoms with E-state index in [1.54, 1.807) is 23.9 Å². The Balaban J connectivity index is 1.89. The summed E-state index contributed by atoms with van der Waals surface area (Å²) in [6, 6.07) is 13.3. The van der Waals surface area contributed by atoms with Gasteiger partial charge in [0.25, 0.3) is 0 Å². The molecule has 4 nitrogen and oxygen atoms in total. The van der Waals surface area contributed by atoms with E-state index in [0.717, 1.165) is 10.5 Å². The maximum atomic E-state index is 12.3. The fraction of sp³-hybridized carbons (Fsp3) is 0.300. The highest BCUT2D eigenvalue weighted by molar-refractivity contribution is 8.00. The van der Waals surface area contributed by atoms with Crippen LogP contribution in [-0.4, -0.2) is 24.2 Å². The monoisotopic (exact) mass is 357 g/mol. The summed E-state index contributed by atoms with van der Waals surface area (Å²) in [6.07, 6.45) is 0. The zero-order valence-corrected chi connectivity index (χ0v) is 15.8. The van der Waals surface area contributed by atoms with Crippen molar-refractivity contribution in [3.8, 4) is 0 Å². The summed E-state index contributed by atoms with van der Waals surface area (Å²) in [7, 11) is 1.35. The molecule has 1 atom stereocenters. The second-order valence-electron chi connectivity index (χ2n) is 5.94. The van der Waals surface area contributed by atoms with Crippen molar-refractivity contribution in [3.05, 3.63) is 64.7 Å².